The Balaban J connectivity index is 1.59. The zero-order valence-electron chi connectivity index (χ0n) is 13.7. The molecule has 0 aliphatic carbocycles. The fourth-order valence-corrected chi connectivity index (χ4v) is 4.79. The van der Waals surface area contributed by atoms with E-state index < -0.39 is 0 Å². The van der Waals surface area contributed by atoms with Gasteiger partial charge in [-0.05, 0) is 12.1 Å². The van der Waals surface area contributed by atoms with Crippen LogP contribution in [-0.2, 0) is 20.6 Å². The summed E-state index contributed by atoms with van der Waals surface area (Å²) in [5.41, 5.74) is 1.19. The Morgan fingerprint density at radius 3 is 2.76 bits per heavy atom. The second-order valence-corrected chi connectivity index (χ2v) is 7.98. The number of aromatic nitrogens is 5. The van der Waals surface area contributed by atoms with E-state index in [2.05, 4.69) is 16.0 Å². The molecule has 0 N–H and O–H groups in total. The smallest absolute Gasteiger partial charge is 0.324 e. The molecule has 0 spiro atoms. The topological polar surface area (TPSA) is 74.7 Å². The van der Waals surface area contributed by atoms with Crippen LogP contribution in [0.2, 0.25) is 0 Å². The minimum atomic E-state index is -0.369. The summed E-state index contributed by atoms with van der Waals surface area (Å²) in [4.78, 5) is 33.2. The maximum absolute atomic E-state index is 12.4. The summed E-state index contributed by atoms with van der Waals surface area (Å²) in [6.07, 6.45) is 1.62. The molecule has 3 heterocycles. The number of hydrogen-bond donors (Lipinski definition) is 0. The molecule has 128 valence electrons. The van der Waals surface area contributed by atoms with Crippen LogP contribution in [0.3, 0.4) is 0 Å². The Bertz CT molecular complexity index is 1170. The van der Waals surface area contributed by atoms with Gasteiger partial charge in [0.1, 0.15) is 0 Å². The number of benzene rings is 1. The second kappa shape index (κ2) is 6.16. The third kappa shape index (κ3) is 2.69. The van der Waals surface area contributed by atoms with Crippen molar-refractivity contribution < 1.29 is 0 Å². The molecule has 25 heavy (non-hydrogen) atoms. The van der Waals surface area contributed by atoms with Gasteiger partial charge in [-0.2, -0.15) is 0 Å². The first-order valence-electron chi connectivity index (χ1n) is 7.65. The summed E-state index contributed by atoms with van der Waals surface area (Å²) >= 11 is 3.32. The summed E-state index contributed by atoms with van der Waals surface area (Å²) in [5, 5.41) is 0. The number of para-hydroxylation sites is 1. The number of thiazole rings is 1. The molecule has 1 aromatic carbocycles. The monoisotopic (exact) mass is 373 g/mol. The van der Waals surface area contributed by atoms with Gasteiger partial charge < -0.3 is 4.57 Å². The molecule has 3 aromatic heterocycles. The van der Waals surface area contributed by atoms with E-state index in [1.807, 2.05) is 18.2 Å². The average Bonchev–Trinajstić information content (AvgIpc) is 3.22. The number of nitrogens with zero attached hydrogens (tertiary/aromatic N) is 5. The Kier molecular flexibility index (Phi) is 3.97. The van der Waals surface area contributed by atoms with Gasteiger partial charge in [0.2, 0.25) is 0 Å². The van der Waals surface area contributed by atoms with Crippen molar-refractivity contribution in [1.82, 2.24) is 23.7 Å². The Hall–Kier alpha value is -2.39. The van der Waals surface area contributed by atoms with Crippen molar-refractivity contribution in [1.29, 1.82) is 0 Å². The van der Waals surface area contributed by atoms with E-state index in [-0.39, 0.29) is 11.2 Å². The zero-order chi connectivity index (χ0) is 17.6. The molecule has 0 saturated heterocycles. The third-order valence-corrected chi connectivity index (χ3v) is 6.21. The predicted molar refractivity (Wildman–Crippen MR) is 101 cm³/mol. The Morgan fingerprint density at radius 2 is 1.96 bits per heavy atom. The Morgan fingerprint density at radius 1 is 1.16 bits per heavy atom. The van der Waals surface area contributed by atoms with Gasteiger partial charge in [-0.25, -0.2) is 14.8 Å². The fraction of sp³-hybridized carbons (Fsp3) is 0.250. The van der Waals surface area contributed by atoms with Crippen molar-refractivity contribution in [3.63, 3.8) is 0 Å². The van der Waals surface area contributed by atoms with Crippen LogP contribution in [0.15, 0.2) is 44.5 Å². The summed E-state index contributed by atoms with van der Waals surface area (Å²) in [5.74, 6) is 0.761. The first-order valence-corrected chi connectivity index (χ1v) is 9.45. The minimum Gasteiger partial charge on any atom is -0.324 e. The van der Waals surface area contributed by atoms with Crippen LogP contribution in [0.4, 0.5) is 0 Å². The molecule has 0 bridgehead atoms. The molecule has 9 heteroatoms. The second-order valence-electron chi connectivity index (χ2n) is 5.61. The zero-order valence-corrected chi connectivity index (χ0v) is 15.3. The van der Waals surface area contributed by atoms with Crippen LogP contribution in [0.1, 0.15) is 0 Å². The number of rotatable bonds is 4. The maximum atomic E-state index is 12.4. The van der Waals surface area contributed by atoms with Crippen molar-refractivity contribution in [2.45, 2.75) is 10.9 Å². The lowest BCUT2D eigenvalue weighted by atomic mass is 10.3. The molecule has 0 unspecified atom stereocenters. The molecule has 0 radical (unpaired) electrons. The van der Waals surface area contributed by atoms with Crippen LogP contribution in [0, 0.1) is 0 Å². The lowest BCUT2D eigenvalue weighted by Crippen LogP contribution is -2.37. The number of hydrogen-bond acceptors (Lipinski definition) is 6. The average molecular weight is 373 g/mol. The highest BCUT2D eigenvalue weighted by Gasteiger charge is 2.14. The third-order valence-electron chi connectivity index (χ3n) is 4.05. The van der Waals surface area contributed by atoms with Crippen molar-refractivity contribution in [2.75, 3.05) is 5.75 Å². The molecule has 0 atom stereocenters. The van der Waals surface area contributed by atoms with E-state index >= 15 is 0 Å². The highest BCUT2D eigenvalue weighted by atomic mass is 32.2. The van der Waals surface area contributed by atoms with Crippen molar-refractivity contribution in [3.8, 4) is 0 Å². The van der Waals surface area contributed by atoms with Gasteiger partial charge in [0, 0.05) is 26.4 Å². The molecule has 0 amide bonds. The predicted octanol–water partition coefficient (Wildman–Crippen LogP) is 1.84. The number of thioether (sulfide) groups is 1. The molecule has 0 aliphatic heterocycles. The quantitative estimate of drug-likeness (QED) is 0.510. The summed E-state index contributed by atoms with van der Waals surface area (Å²) in [6, 6.07) is 8.05. The summed E-state index contributed by atoms with van der Waals surface area (Å²) < 4.78 is 6.49. The molecule has 4 rings (SSSR count). The summed E-state index contributed by atoms with van der Waals surface area (Å²) in [7, 11) is 3.11. The molecular weight excluding hydrogens is 358 g/mol. The largest absolute Gasteiger partial charge is 0.332 e. The number of imidazole rings is 1. The van der Waals surface area contributed by atoms with Gasteiger partial charge >= 0.3 is 5.69 Å². The first kappa shape index (κ1) is 16.1. The molecule has 7 nitrogen and oxygen atoms in total. The first-order chi connectivity index (χ1) is 12.1. The van der Waals surface area contributed by atoms with E-state index in [1.165, 1.54) is 16.3 Å². The van der Waals surface area contributed by atoms with E-state index in [0.29, 0.717) is 17.7 Å². The van der Waals surface area contributed by atoms with Crippen molar-refractivity contribution in [3.05, 3.63) is 51.4 Å². The number of aryl methyl sites for hydroxylation is 2. The van der Waals surface area contributed by atoms with Gasteiger partial charge in [-0.15, -0.1) is 11.3 Å². The number of fused-ring (bicyclic) bond motifs is 2. The molecule has 0 saturated carbocycles. The molecular formula is C16H15N5O2S2. The highest BCUT2D eigenvalue weighted by Crippen LogP contribution is 2.29. The van der Waals surface area contributed by atoms with Crippen LogP contribution >= 0.6 is 23.1 Å². The van der Waals surface area contributed by atoms with Crippen molar-refractivity contribution in [2.24, 2.45) is 14.1 Å². The van der Waals surface area contributed by atoms with E-state index in [1.54, 1.807) is 41.0 Å². The van der Waals surface area contributed by atoms with Gasteiger partial charge in [-0.1, -0.05) is 23.9 Å². The lowest BCUT2D eigenvalue weighted by molar-refractivity contribution is 0.700. The van der Waals surface area contributed by atoms with Gasteiger partial charge in [0.05, 0.1) is 16.5 Å². The van der Waals surface area contributed by atoms with E-state index in [9.17, 15) is 9.59 Å². The van der Waals surface area contributed by atoms with E-state index in [0.717, 1.165) is 20.2 Å². The van der Waals surface area contributed by atoms with Gasteiger partial charge in [0.25, 0.3) is 5.56 Å². The Labute approximate surface area is 150 Å². The fourth-order valence-electron chi connectivity index (χ4n) is 2.71. The molecule has 0 fully saturated rings. The van der Waals surface area contributed by atoms with Gasteiger partial charge in [0.15, 0.2) is 15.5 Å². The maximum Gasteiger partial charge on any atom is 0.332 e. The van der Waals surface area contributed by atoms with Crippen LogP contribution in [0.5, 0.6) is 0 Å². The van der Waals surface area contributed by atoms with Gasteiger partial charge in [-0.3, -0.25) is 13.9 Å². The minimum absolute atomic E-state index is 0.319. The molecule has 4 aromatic rings. The SMILES string of the molecule is Cn1c(=O)c2c(ncn2CCSc2nc3ccccc3s2)n(C)c1=O. The highest BCUT2D eigenvalue weighted by molar-refractivity contribution is 8.01. The molecule has 0 aliphatic rings. The normalized spacial score (nSPS) is 11.6. The lowest BCUT2D eigenvalue weighted by Gasteiger charge is -2.06. The van der Waals surface area contributed by atoms with E-state index in [4.69, 9.17) is 0 Å². The van der Waals surface area contributed by atoms with Crippen LogP contribution in [-0.4, -0.2) is 29.4 Å². The summed E-state index contributed by atoms with van der Waals surface area (Å²) in [6.45, 7) is 0.616. The van der Waals surface area contributed by atoms with Crippen molar-refractivity contribution >= 4 is 44.5 Å². The van der Waals surface area contributed by atoms with Crippen LogP contribution in [0.25, 0.3) is 21.4 Å². The van der Waals surface area contributed by atoms with Crippen LogP contribution < -0.4 is 11.2 Å². The standard InChI is InChI=1S/C16H15N5O2S2/c1-19-13-12(14(22)20(2)16(19)23)21(9-17-13)7-8-24-15-18-10-5-3-4-6-11(10)25-15/h3-6,9H,7-8H2,1-2H3.